The van der Waals surface area contributed by atoms with Crippen molar-refractivity contribution in [1.29, 1.82) is 5.26 Å². The highest BCUT2D eigenvalue weighted by Crippen LogP contribution is 2.24. The van der Waals surface area contributed by atoms with Crippen molar-refractivity contribution in [3.8, 4) is 11.8 Å². The molecule has 0 bridgehead atoms. The van der Waals surface area contributed by atoms with Crippen LogP contribution in [-0.2, 0) is 6.61 Å². The molecule has 1 N–H and O–H groups in total. The number of aromatic carboxylic acids is 1. The molecule has 2 aromatic carbocycles. The summed E-state index contributed by atoms with van der Waals surface area (Å²) in [4.78, 5) is 11.1. The molecule has 0 spiro atoms. The van der Waals surface area contributed by atoms with Crippen molar-refractivity contribution in [2.75, 3.05) is 0 Å². The predicted octanol–water partition coefficient (Wildman–Crippen LogP) is 3.63. The van der Waals surface area contributed by atoms with Gasteiger partial charge < -0.3 is 9.84 Å². The SMILES string of the molecule is N#Cc1cc(F)cc(COc2ccc(Cl)cc2C(=O)O)c1. The van der Waals surface area contributed by atoms with Crippen LogP contribution >= 0.6 is 11.6 Å². The molecule has 2 rings (SSSR count). The topological polar surface area (TPSA) is 70.3 Å². The van der Waals surface area contributed by atoms with Gasteiger partial charge in [-0.3, -0.25) is 0 Å². The average Bonchev–Trinajstić information content (AvgIpc) is 2.45. The zero-order valence-electron chi connectivity index (χ0n) is 10.6. The second-order valence-corrected chi connectivity index (χ2v) is 4.63. The van der Waals surface area contributed by atoms with Crippen molar-refractivity contribution in [2.24, 2.45) is 0 Å². The second kappa shape index (κ2) is 6.25. The van der Waals surface area contributed by atoms with E-state index in [2.05, 4.69) is 0 Å². The molecule has 0 radical (unpaired) electrons. The van der Waals surface area contributed by atoms with E-state index in [9.17, 15) is 9.18 Å². The predicted molar refractivity (Wildman–Crippen MR) is 73.9 cm³/mol. The number of carboxylic acid groups (broad SMARTS) is 1. The first-order valence-corrected chi connectivity index (χ1v) is 6.22. The van der Waals surface area contributed by atoms with Gasteiger partial charge in [-0.1, -0.05) is 11.6 Å². The van der Waals surface area contributed by atoms with E-state index in [1.54, 1.807) is 0 Å². The molecule has 21 heavy (non-hydrogen) atoms. The van der Waals surface area contributed by atoms with E-state index in [0.29, 0.717) is 5.56 Å². The molecule has 6 heteroatoms. The minimum Gasteiger partial charge on any atom is -0.488 e. The summed E-state index contributed by atoms with van der Waals surface area (Å²) in [6.07, 6.45) is 0. The number of halogens is 2. The highest BCUT2D eigenvalue weighted by molar-refractivity contribution is 6.31. The van der Waals surface area contributed by atoms with Crippen LogP contribution in [-0.4, -0.2) is 11.1 Å². The Morgan fingerprint density at radius 3 is 2.76 bits per heavy atom. The van der Waals surface area contributed by atoms with E-state index < -0.39 is 11.8 Å². The van der Waals surface area contributed by atoms with E-state index >= 15 is 0 Å². The number of carbonyl (C=O) groups is 1. The van der Waals surface area contributed by atoms with Gasteiger partial charge in [-0.05, 0) is 42.0 Å². The lowest BCUT2D eigenvalue weighted by Crippen LogP contribution is -2.04. The van der Waals surface area contributed by atoms with Crippen molar-refractivity contribution in [1.82, 2.24) is 0 Å². The molecule has 0 aromatic heterocycles. The van der Waals surface area contributed by atoms with Gasteiger partial charge in [0.25, 0.3) is 0 Å². The molecule has 0 amide bonds. The second-order valence-electron chi connectivity index (χ2n) is 4.19. The molecule has 0 atom stereocenters. The molecule has 0 heterocycles. The summed E-state index contributed by atoms with van der Waals surface area (Å²) in [5.74, 6) is -1.61. The van der Waals surface area contributed by atoms with Gasteiger partial charge in [0, 0.05) is 5.02 Å². The molecule has 0 saturated heterocycles. The van der Waals surface area contributed by atoms with Crippen LogP contribution in [0.4, 0.5) is 4.39 Å². The van der Waals surface area contributed by atoms with Crippen molar-refractivity contribution in [2.45, 2.75) is 6.61 Å². The maximum absolute atomic E-state index is 13.3. The van der Waals surface area contributed by atoms with Crippen molar-refractivity contribution in [3.63, 3.8) is 0 Å². The Balaban J connectivity index is 2.23. The maximum Gasteiger partial charge on any atom is 0.339 e. The molecule has 0 aliphatic heterocycles. The quantitative estimate of drug-likeness (QED) is 0.936. The Kier molecular flexibility index (Phi) is 4.41. The molecule has 4 nitrogen and oxygen atoms in total. The number of benzene rings is 2. The fourth-order valence-electron chi connectivity index (χ4n) is 1.75. The third-order valence-corrected chi connectivity index (χ3v) is 2.89. The monoisotopic (exact) mass is 305 g/mol. The summed E-state index contributed by atoms with van der Waals surface area (Å²) < 4.78 is 18.7. The highest BCUT2D eigenvalue weighted by Gasteiger charge is 2.12. The standard InChI is InChI=1S/C15H9ClFNO3/c16-11-1-2-14(13(6-11)15(19)20)21-8-10-3-9(7-18)4-12(17)5-10/h1-6H,8H2,(H,19,20). The molecule has 0 unspecified atom stereocenters. The Morgan fingerprint density at radius 2 is 2.10 bits per heavy atom. The molecular formula is C15H9ClFNO3. The van der Waals surface area contributed by atoms with Crippen LogP contribution in [0.25, 0.3) is 0 Å². The summed E-state index contributed by atoms with van der Waals surface area (Å²) in [7, 11) is 0. The van der Waals surface area contributed by atoms with E-state index in [-0.39, 0.29) is 28.5 Å². The number of nitrogens with zero attached hydrogens (tertiary/aromatic N) is 1. The van der Waals surface area contributed by atoms with Crippen LogP contribution < -0.4 is 4.74 Å². The first-order chi connectivity index (χ1) is 9.99. The van der Waals surface area contributed by atoms with Crippen LogP contribution in [0.3, 0.4) is 0 Å². The van der Waals surface area contributed by atoms with Crippen LogP contribution in [0.1, 0.15) is 21.5 Å². The molecular weight excluding hydrogens is 297 g/mol. The van der Waals surface area contributed by atoms with Gasteiger partial charge in [0.2, 0.25) is 0 Å². The average molecular weight is 306 g/mol. The van der Waals surface area contributed by atoms with Gasteiger partial charge in [-0.25, -0.2) is 9.18 Å². The zero-order valence-corrected chi connectivity index (χ0v) is 11.4. The number of ether oxygens (including phenoxy) is 1. The third kappa shape index (κ3) is 3.71. The zero-order chi connectivity index (χ0) is 15.4. The summed E-state index contributed by atoms with van der Waals surface area (Å²) in [5, 5.41) is 18.1. The summed E-state index contributed by atoms with van der Waals surface area (Å²) in [6.45, 7) is -0.0612. The van der Waals surface area contributed by atoms with Crippen molar-refractivity contribution in [3.05, 3.63) is 63.9 Å². The van der Waals surface area contributed by atoms with E-state index in [0.717, 1.165) is 6.07 Å². The summed E-state index contributed by atoms with van der Waals surface area (Å²) >= 11 is 5.73. The van der Waals surface area contributed by atoms with Gasteiger partial charge in [0.05, 0.1) is 11.6 Å². The van der Waals surface area contributed by atoms with Gasteiger partial charge in [0.15, 0.2) is 0 Å². The first kappa shape index (κ1) is 14.8. The largest absolute Gasteiger partial charge is 0.488 e. The molecule has 0 aliphatic rings. The van der Waals surface area contributed by atoms with Crippen molar-refractivity contribution < 1.29 is 19.0 Å². The van der Waals surface area contributed by atoms with Crippen LogP contribution in [0.2, 0.25) is 5.02 Å². The number of hydrogen-bond donors (Lipinski definition) is 1. The number of nitriles is 1. The Bertz CT molecular complexity index is 740. The lowest BCUT2D eigenvalue weighted by atomic mass is 10.1. The lowest BCUT2D eigenvalue weighted by molar-refractivity contribution is 0.0691. The van der Waals surface area contributed by atoms with E-state index in [4.69, 9.17) is 26.7 Å². The maximum atomic E-state index is 13.3. The highest BCUT2D eigenvalue weighted by atomic mass is 35.5. The summed E-state index contributed by atoms with van der Waals surface area (Å²) in [5.41, 5.74) is 0.514. The number of carboxylic acids is 1. The Morgan fingerprint density at radius 1 is 1.33 bits per heavy atom. The van der Waals surface area contributed by atoms with Crippen LogP contribution in [0.5, 0.6) is 5.75 Å². The molecule has 0 aliphatic carbocycles. The fourth-order valence-corrected chi connectivity index (χ4v) is 1.93. The van der Waals surface area contributed by atoms with Gasteiger partial charge in [-0.15, -0.1) is 0 Å². The van der Waals surface area contributed by atoms with Gasteiger partial charge in [-0.2, -0.15) is 5.26 Å². The lowest BCUT2D eigenvalue weighted by Gasteiger charge is -2.10. The molecule has 106 valence electrons. The Hall–Kier alpha value is -2.58. The Labute approximate surface area is 125 Å². The minimum atomic E-state index is -1.18. The summed E-state index contributed by atoms with van der Waals surface area (Å²) in [6, 6.07) is 9.82. The molecule has 0 saturated carbocycles. The van der Waals surface area contributed by atoms with E-state index in [1.165, 1.54) is 30.3 Å². The van der Waals surface area contributed by atoms with E-state index in [1.807, 2.05) is 6.07 Å². The third-order valence-electron chi connectivity index (χ3n) is 2.65. The van der Waals surface area contributed by atoms with Gasteiger partial charge in [0.1, 0.15) is 23.7 Å². The normalized spacial score (nSPS) is 9.95. The van der Waals surface area contributed by atoms with Crippen LogP contribution in [0.15, 0.2) is 36.4 Å². The number of hydrogen-bond acceptors (Lipinski definition) is 3. The minimum absolute atomic E-state index is 0.0612. The molecule has 0 fully saturated rings. The fraction of sp³-hybridized carbons (Fsp3) is 0.0667. The van der Waals surface area contributed by atoms with Crippen molar-refractivity contribution >= 4 is 17.6 Å². The van der Waals surface area contributed by atoms with Gasteiger partial charge >= 0.3 is 5.97 Å². The molecule has 2 aromatic rings. The number of rotatable bonds is 4. The van der Waals surface area contributed by atoms with Crippen LogP contribution in [0, 0.1) is 17.1 Å². The smallest absolute Gasteiger partial charge is 0.339 e. The first-order valence-electron chi connectivity index (χ1n) is 5.85.